The van der Waals surface area contributed by atoms with E-state index in [1.165, 1.54) is 0 Å². The Morgan fingerprint density at radius 3 is 2.55 bits per heavy atom. The van der Waals surface area contributed by atoms with E-state index in [9.17, 15) is 0 Å². The van der Waals surface area contributed by atoms with Crippen LogP contribution in [0.15, 0.2) is 88.4 Å². The average molecular weight is 476 g/mol. The molecule has 3 aromatic carbocycles. The van der Waals surface area contributed by atoms with E-state index in [4.69, 9.17) is 9.47 Å². The number of nitrogens with zero attached hydrogens (tertiary/aromatic N) is 2. The van der Waals surface area contributed by atoms with E-state index in [0.29, 0.717) is 30.5 Å². The number of para-hydroxylation sites is 1. The van der Waals surface area contributed by atoms with Gasteiger partial charge in [0.25, 0.3) is 0 Å². The Labute approximate surface area is 189 Å². The quantitative estimate of drug-likeness (QED) is 0.236. The first kappa shape index (κ1) is 20.9. The molecule has 1 heterocycles. The standard InChI is InChI=1S/C25H22BrN3O2/c1-2-30-23-14-20(21(26)15-24(23)31-17-18-8-4-3-5-9-18)16-27-29-25-13-12-19-10-6-7-11-22(19)28-25/h3-16H,2,17H2,1H3,(H,28,29)/b27-16-. The molecule has 0 saturated carbocycles. The molecule has 4 rings (SSSR count). The Balaban J connectivity index is 1.49. The second kappa shape index (κ2) is 10.1. The number of fused-ring (bicyclic) bond motifs is 1. The monoisotopic (exact) mass is 475 g/mol. The SMILES string of the molecule is CCOc1cc(/C=N\Nc2ccc3ccccc3n2)c(Br)cc1OCc1ccccc1. The normalized spacial score (nSPS) is 11.0. The molecule has 0 bridgehead atoms. The fraction of sp³-hybridized carbons (Fsp3) is 0.120. The molecular weight excluding hydrogens is 454 g/mol. The number of ether oxygens (including phenoxy) is 2. The van der Waals surface area contributed by atoms with E-state index >= 15 is 0 Å². The Hall–Kier alpha value is -3.38. The van der Waals surface area contributed by atoms with Crippen molar-refractivity contribution < 1.29 is 9.47 Å². The third-order valence-electron chi connectivity index (χ3n) is 4.58. The highest BCUT2D eigenvalue weighted by Gasteiger charge is 2.10. The Morgan fingerprint density at radius 2 is 1.71 bits per heavy atom. The molecule has 156 valence electrons. The lowest BCUT2D eigenvalue weighted by molar-refractivity contribution is 0.269. The third kappa shape index (κ3) is 5.41. The molecule has 6 heteroatoms. The minimum absolute atomic E-state index is 0.468. The molecule has 0 spiro atoms. The van der Waals surface area contributed by atoms with Gasteiger partial charge in [-0.1, -0.05) is 48.5 Å². The second-order valence-corrected chi connectivity index (χ2v) is 7.64. The number of aromatic nitrogens is 1. The van der Waals surface area contributed by atoms with E-state index in [0.717, 1.165) is 26.5 Å². The van der Waals surface area contributed by atoms with Crippen LogP contribution in [0.25, 0.3) is 10.9 Å². The summed E-state index contributed by atoms with van der Waals surface area (Å²) >= 11 is 3.61. The molecular formula is C25H22BrN3O2. The van der Waals surface area contributed by atoms with E-state index in [1.807, 2.05) is 85.8 Å². The second-order valence-electron chi connectivity index (χ2n) is 6.79. The van der Waals surface area contributed by atoms with Crippen molar-refractivity contribution in [1.82, 2.24) is 4.98 Å². The minimum atomic E-state index is 0.468. The molecule has 0 unspecified atom stereocenters. The molecule has 0 saturated heterocycles. The zero-order valence-electron chi connectivity index (χ0n) is 17.1. The zero-order valence-corrected chi connectivity index (χ0v) is 18.7. The van der Waals surface area contributed by atoms with Gasteiger partial charge in [0, 0.05) is 15.4 Å². The number of nitrogens with one attached hydrogen (secondary N) is 1. The number of hydrazone groups is 1. The van der Waals surface area contributed by atoms with Gasteiger partial charge in [0.1, 0.15) is 12.4 Å². The summed E-state index contributed by atoms with van der Waals surface area (Å²) in [5.41, 5.74) is 5.87. The van der Waals surface area contributed by atoms with Gasteiger partial charge < -0.3 is 9.47 Å². The van der Waals surface area contributed by atoms with Crippen LogP contribution in [0.4, 0.5) is 5.82 Å². The van der Waals surface area contributed by atoms with Gasteiger partial charge in [-0.2, -0.15) is 5.10 Å². The zero-order chi connectivity index (χ0) is 21.5. The molecule has 0 aliphatic carbocycles. The van der Waals surface area contributed by atoms with Crippen molar-refractivity contribution >= 4 is 38.9 Å². The topological polar surface area (TPSA) is 55.7 Å². The minimum Gasteiger partial charge on any atom is -0.490 e. The lowest BCUT2D eigenvalue weighted by Crippen LogP contribution is -2.01. The highest BCUT2D eigenvalue weighted by atomic mass is 79.9. The van der Waals surface area contributed by atoms with Crippen LogP contribution in [-0.2, 0) is 6.61 Å². The van der Waals surface area contributed by atoms with E-state index < -0.39 is 0 Å². The van der Waals surface area contributed by atoms with Crippen LogP contribution >= 0.6 is 15.9 Å². The number of hydrogen-bond donors (Lipinski definition) is 1. The van der Waals surface area contributed by atoms with Gasteiger partial charge >= 0.3 is 0 Å². The molecule has 1 aromatic heterocycles. The van der Waals surface area contributed by atoms with Crippen LogP contribution in [0, 0.1) is 0 Å². The smallest absolute Gasteiger partial charge is 0.162 e. The van der Waals surface area contributed by atoms with Crippen LogP contribution in [0.1, 0.15) is 18.1 Å². The van der Waals surface area contributed by atoms with Crippen LogP contribution in [0.3, 0.4) is 0 Å². The van der Waals surface area contributed by atoms with Crippen molar-refractivity contribution in [1.29, 1.82) is 0 Å². The summed E-state index contributed by atoms with van der Waals surface area (Å²) in [7, 11) is 0. The van der Waals surface area contributed by atoms with Crippen molar-refractivity contribution in [2.24, 2.45) is 5.10 Å². The van der Waals surface area contributed by atoms with Crippen LogP contribution in [0.5, 0.6) is 11.5 Å². The fourth-order valence-corrected chi connectivity index (χ4v) is 3.49. The number of hydrogen-bond acceptors (Lipinski definition) is 5. The van der Waals surface area contributed by atoms with Crippen molar-refractivity contribution in [2.75, 3.05) is 12.0 Å². The lowest BCUT2D eigenvalue weighted by Gasteiger charge is -2.14. The van der Waals surface area contributed by atoms with Crippen molar-refractivity contribution in [3.05, 3.63) is 94.5 Å². The molecule has 0 aliphatic heterocycles. The number of halogens is 1. The molecule has 0 aliphatic rings. The summed E-state index contributed by atoms with van der Waals surface area (Å²) in [4.78, 5) is 4.56. The van der Waals surface area contributed by atoms with Gasteiger partial charge in [0.2, 0.25) is 0 Å². The summed E-state index contributed by atoms with van der Waals surface area (Å²) in [5.74, 6) is 2.03. The Kier molecular flexibility index (Phi) is 6.79. The number of rotatable bonds is 8. The Morgan fingerprint density at radius 1 is 0.935 bits per heavy atom. The average Bonchev–Trinajstić information content (AvgIpc) is 2.80. The number of benzene rings is 3. The first-order valence-electron chi connectivity index (χ1n) is 10.0. The summed E-state index contributed by atoms with van der Waals surface area (Å²) in [6.45, 7) is 2.96. The van der Waals surface area contributed by atoms with Gasteiger partial charge in [-0.05, 0) is 58.7 Å². The summed E-state index contributed by atoms with van der Waals surface area (Å²) in [6, 6.07) is 25.7. The maximum Gasteiger partial charge on any atom is 0.162 e. The first-order chi connectivity index (χ1) is 15.2. The van der Waals surface area contributed by atoms with Crippen molar-refractivity contribution in [3.8, 4) is 11.5 Å². The molecule has 0 amide bonds. The highest BCUT2D eigenvalue weighted by molar-refractivity contribution is 9.10. The third-order valence-corrected chi connectivity index (χ3v) is 5.27. The molecule has 4 aromatic rings. The van der Waals surface area contributed by atoms with Gasteiger partial charge in [0.15, 0.2) is 11.5 Å². The van der Waals surface area contributed by atoms with Crippen LogP contribution < -0.4 is 14.9 Å². The van der Waals surface area contributed by atoms with Gasteiger partial charge in [-0.3, -0.25) is 5.43 Å². The predicted molar refractivity (Wildman–Crippen MR) is 129 cm³/mol. The van der Waals surface area contributed by atoms with Crippen LogP contribution in [-0.4, -0.2) is 17.8 Å². The summed E-state index contributed by atoms with van der Waals surface area (Å²) < 4.78 is 12.7. The van der Waals surface area contributed by atoms with Crippen molar-refractivity contribution in [2.45, 2.75) is 13.5 Å². The van der Waals surface area contributed by atoms with Gasteiger partial charge in [0.05, 0.1) is 18.3 Å². The fourth-order valence-electron chi connectivity index (χ4n) is 3.06. The molecule has 0 radical (unpaired) electrons. The molecule has 31 heavy (non-hydrogen) atoms. The van der Waals surface area contributed by atoms with Gasteiger partial charge in [-0.15, -0.1) is 0 Å². The summed E-state index contributed by atoms with van der Waals surface area (Å²) in [6.07, 6.45) is 1.73. The number of anilines is 1. The van der Waals surface area contributed by atoms with E-state index in [-0.39, 0.29) is 0 Å². The number of pyridine rings is 1. The van der Waals surface area contributed by atoms with E-state index in [1.54, 1.807) is 6.21 Å². The molecule has 5 nitrogen and oxygen atoms in total. The van der Waals surface area contributed by atoms with E-state index in [2.05, 4.69) is 31.4 Å². The van der Waals surface area contributed by atoms with Crippen molar-refractivity contribution in [3.63, 3.8) is 0 Å². The summed E-state index contributed by atoms with van der Waals surface area (Å²) in [5, 5.41) is 5.43. The highest BCUT2D eigenvalue weighted by Crippen LogP contribution is 2.34. The molecule has 0 atom stereocenters. The van der Waals surface area contributed by atoms with Crippen LogP contribution in [0.2, 0.25) is 0 Å². The maximum atomic E-state index is 6.00. The molecule has 1 N–H and O–H groups in total. The Bertz CT molecular complexity index is 1200. The maximum absolute atomic E-state index is 6.00. The van der Waals surface area contributed by atoms with Gasteiger partial charge in [-0.25, -0.2) is 4.98 Å². The first-order valence-corrected chi connectivity index (χ1v) is 10.8. The lowest BCUT2D eigenvalue weighted by atomic mass is 10.2. The molecule has 0 fully saturated rings. The predicted octanol–water partition coefficient (Wildman–Crippen LogP) is 6.42. The largest absolute Gasteiger partial charge is 0.490 e.